The van der Waals surface area contributed by atoms with E-state index in [0.717, 1.165) is 24.1 Å². The molecule has 1 saturated carbocycles. The number of rotatable bonds is 6. The van der Waals surface area contributed by atoms with Gasteiger partial charge in [-0.1, -0.05) is 6.07 Å². The van der Waals surface area contributed by atoms with Crippen molar-refractivity contribution in [1.82, 2.24) is 29.9 Å². The van der Waals surface area contributed by atoms with Crippen molar-refractivity contribution >= 4 is 35.4 Å². The van der Waals surface area contributed by atoms with E-state index in [0.29, 0.717) is 34.7 Å². The smallest absolute Gasteiger partial charge is 0.254 e. The van der Waals surface area contributed by atoms with Gasteiger partial charge in [-0.3, -0.25) is 19.9 Å². The molecule has 2 fully saturated rings. The van der Waals surface area contributed by atoms with Gasteiger partial charge in [-0.25, -0.2) is 0 Å². The first kappa shape index (κ1) is 19.2. The van der Waals surface area contributed by atoms with Crippen LogP contribution in [0.15, 0.2) is 30.1 Å². The highest BCUT2D eigenvalue weighted by Gasteiger charge is 2.26. The van der Waals surface area contributed by atoms with Crippen molar-refractivity contribution in [1.29, 1.82) is 0 Å². The van der Waals surface area contributed by atoms with Gasteiger partial charge in [0.05, 0.1) is 24.4 Å². The molecule has 0 aromatic carbocycles. The zero-order chi connectivity index (χ0) is 21.5. The molecule has 158 valence electrons. The minimum absolute atomic E-state index is 0.0513. The van der Waals surface area contributed by atoms with Crippen LogP contribution in [-0.4, -0.2) is 42.4 Å². The summed E-state index contributed by atoms with van der Waals surface area (Å²) in [5.41, 5.74) is 3.55. The summed E-state index contributed by atoms with van der Waals surface area (Å²) in [6, 6.07) is 4.24. The monoisotopic (exact) mass is 418 g/mol. The molecule has 0 radical (unpaired) electrons. The number of imide groups is 1. The van der Waals surface area contributed by atoms with E-state index in [4.69, 9.17) is 0 Å². The van der Waals surface area contributed by atoms with E-state index in [2.05, 4.69) is 36.0 Å². The van der Waals surface area contributed by atoms with Gasteiger partial charge in [0.1, 0.15) is 0 Å². The maximum Gasteiger partial charge on any atom is 0.254 e. The minimum atomic E-state index is -0.382. The SMILES string of the molecule is Cc1ccc(C(C)Nc2nc(NC3CC3)n3ncc(/C=C4\CC(=O)NC4=O)c3n2)nc1. The number of hydrogen-bond acceptors (Lipinski definition) is 8. The largest absolute Gasteiger partial charge is 0.351 e. The summed E-state index contributed by atoms with van der Waals surface area (Å²) >= 11 is 0. The number of amides is 2. The summed E-state index contributed by atoms with van der Waals surface area (Å²) in [6.07, 6.45) is 7.32. The third kappa shape index (κ3) is 3.96. The first-order valence-electron chi connectivity index (χ1n) is 10.2. The second-order valence-corrected chi connectivity index (χ2v) is 7.97. The van der Waals surface area contributed by atoms with Crippen LogP contribution >= 0.6 is 0 Å². The van der Waals surface area contributed by atoms with E-state index < -0.39 is 0 Å². The molecule has 3 aromatic rings. The fourth-order valence-corrected chi connectivity index (χ4v) is 3.38. The van der Waals surface area contributed by atoms with Crippen LogP contribution in [0.4, 0.5) is 11.9 Å². The van der Waals surface area contributed by atoms with Gasteiger partial charge in [-0.05, 0) is 44.4 Å². The summed E-state index contributed by atoms with van der Waals surface area (Å²) in [6.45, 7) is 3.99. The summed E-state index contributed by atoms with van der Waals surface area (Å²) in [5.74, 6) is 0.320. The molecule has 1 aliphatic carbocycles. The first-order chi connectivity index (χ1) is 15.0. The van der Waals surface area contributed by atoms with Crippen molar-refractivity contribution < 1.29 is 9.59 Å². The Morgan fingerprint density at radius 1 is 1.23 bits per heavy atom. The van der Waals surface area contributed by atoms with Gasteiger partial charge in [-0.15, -0.1) is 0 Å². The highest BCUT2D eigenvalue weighted by molar-refractivity contribution is 6.15. The highest BCUT2D eigenvalue weighted by atomic mass is 16.2. The van der Waals surface area contributed by atoms with Crippen LogP contribution in [-0.2, 0) is 9.59 Å². The quantitative estimate of drug-likeness (QED) is 0.410. The lowest BCUT2D eigenvalue weighted by molar-refractivity contribution is -0.124. The highest BCUT2D eigenvalue weighted by Crippen LogP contribution is 2.27. The molecule has 10 heteroatoms. The first-order valence-corrected chi connectivity index (χ1v) is 10.2. The number of anilines is 2. The van der Waals surface area contributed by atoms with E-state index in [1.807, 2.05) is 32.2 Å². The van der Waals surface area contributed by atoms with Crippen LogP contribution in [0.1, 0.15) is 49.0 Å². The molecule has 2 amide bonds. The number of aryl methyl sites for hydroxylation is 1. The lowest BCUT2D eigenvalue weighted by atomic mass is 10.1. The molecular formula is C21H22N8O2. The van der Waals surface area contributed by atoms with Crippen LogP contribution in [0.3, 0.4) is 0 Å². The van der Waals surface area contributed by atoms with Crippen molar-refractivity contribution in [3.63, 3.8) is 0 Å². The van der Waals surface area contributed by atoms with Gasteiger partial charge < -0.3 is 10.6 Å². The van der Waals surface area contributed by atoms with Crippen LogP contribution in [0.2, 0.25) is 0 Å². The fourth-order valence-electron chi connectivity index (χ4n) is 3.38. The Morgan fingerprint density at radius 2 is 2.06 bits per heavy atom. The number of nitrogens with zero attached hydrogens (tertiary/aromatic N) is 5. The average molecular weight is 418 g/mol. The third-order valence-corrected chi connectivity index (χ3v) is 5.25. The molecule has 2 aliphatic rings. The van der Waals surface area contributed by atoms with E-state index in [1.165, 1.54) is 0 Å². The van der Waals surface area contributed by atoms with Gasteiger partial charge in [0.15, 0.2) is 5.65 Å². The van der Waals surface area contributed by atoms with Gasteiger partial charge in [0, 0.05) is 23.4 Å². The zero-order valence-electron chi connectivity index (χ0n) is 17.2. The Morgan fingerprint density at radius 3 is 2.74 bits per heavy atom. The number of nitrogens with one attached hydrogen (secondary N) is 3. The number of carbonyl (C=O) groups excluding carboxylic acids is 2. The molecule has 3 N–H and O–H groups in total. The summed E-state index contributed by atoms with van der Waals surface area (Å²) in [5, 5.41) is 13.4. The topological polar surface area (TPSA) is 126 Å². The van der Waals surface area contributed by atoms with E-state index in [9.17, 15) is 9.59 Å². The normalized spacial score (nSPS) is 18.5. The number of aromatic nitrogens is 5. The molecule has 5 rings (SSSR count). The van der Waals surface area contributed by atoms with Crippen LogP contribution < -0.4 is 16.0 Å². The lowest BCUT2D eigenvalue weighted by Gasteiger charge is -2.15. The molecule has 31 heavy (non-hydrogen) atoms. The van der Waals surface area contributed by atoms with Gasteiger partial charge in [-0.2, -0.15) is 19.6 Å². The Bertz CT molecular complexity index is 1210. The van der Waals surface area contributed by atoms with E-state index in [1.54, 1.807) is 16.8 Å². The Kier molecular flexibility index (Phi) is 4.61. The summed E-state index contributed by atoms with van der Waals surface area (Å²) < 4.78 is 1.62. The van der Waals surface area contributed by atoms with Crippen LogP contribution in [0.25, 0.3) is 11.7 Å². The van der Waals surface area contributed by atoms with Gasteiger partial charge in [0.25, 0.3) is 5.91 Å². The minimum Gasteiger partial charge on any atom is -0.351 e. The molecule has 1 atom stereocenters. The van der Waals surface area contributed by atoms with Crippen molar-refractivity contribution in [2.75, 3.05) is 10.6 Å². The molecule has 1 aliphatic heterocycles. The zero-order valence-corrected chi connectivity index (χ0v) is 17.2. The summed E-state index contributed by atoms with van der Waals surface area (Å²) in [7, 11) is 0. The maximum absolute atomic E-state index is 12.0. The molecule has 1 saturated heterocycles. The number of pyridine rings is 1. The van der Waals surface area contributed by atoms with Gasteiger partial charge >= 0.3 is 0 Å². The molecular weight excluding hydrogens is 396 g/mol. The van der Waals surface area contributed by atoms with Crippen molar-refractivity contribution in [3.05, 3.63) is 46.9 Å². The number of fused-ring (bicyclic) bond motifs is 1. The Balaban J connectivity index is 1.52. The molecule has 10 nitrogen and oxygen atoms in total. The fraction of sp³-hybridized carbons (Fsp3) is 0.333. The standard InChI is InChI=1S/C21H22N8O2/c1-11-3-6-16(22-9-11)12(2)24-20-27-18-14(7-13-8-17(30)26-19(13)31)10-23-29(18)21(28-20)25-15-4-5-15/h3,6-7,9-10,12,15H,4-5,8H2,1-2H3,(H,26,30,31)(H2,24,25,27,28)/b13-7+. The maximum atomic E-state index is 12.0. The molecule has 0 bridgehead atoms. The van der Waals surface area contributed by atoms with Crippen molar-refractivity contribution in [2.45, 2.75) is 45.2 Å². The lowest BCUT2D eigenvalue weighted by Crippen LogP contribution is -2.19. The van der Waals surface area contributed by atoms with Crippen LogP contribution in [0, 0.1) is 6.92 Å². The number of carbonyl (C=O) groups is 2. The van der Waals surface area contributed by atoms with Gasteiger partial charge in [0.2, 0.25) is 17.8 Å². The predicted molar refractivity (Wildman–Crippen MR) is 114 cm³/mol. The Hall–Kier alpha value is -3.82. The molecule has 3 aromatic heterocycles. The average Bonchev–Trinajstić information content (AvgIpc) is 3.37. The van der Waals surface area contributed by atoms with Crippen molar-refractivity contribution in [3.8, 4) is 0 Å². The molecule has 1 unspecified atom stereocenters. The second-order valence-electron chi connectivity index (χ2n) is 7.97. The second kappa shape index (κ2) is 7.46. The summed E-state index contributed by atoms with van der Waals surface area (Å²) in [4.78, 5) is 37.2. The van der Waals surface area contributed by atoms with Crippen molar-refractivity contribution in [2.24, 2.45) is 0 Å². The third-order valence-electron chi connectivity index (χ3n) is 5.25. The molecule has 0 spiro atoms. The molecule has 4 heterocycles. The van der Waals surface area contributed by atoms with E-state index >= 15 is 0 Å². The Labute approximate surface area is 178 Å². The van der Waals surface area contributed by atoms with E-state index in [-0.39, 0.29) is 24.3 Å². The van der Waals surface area contributed by atoms with Crippen LogP contribution in [0.5, 0.6) is 0 Å². The predicted octanol–water partition coefficient (Wildman–Crippen LogP) is 2.01. The number of hydrogen-bond donors (Lipinski definition) is 3.